The van der Waals surface area contributed by atoms with Gasteiger partial charge in [-0.25, -0.2) is 9.59 Å². The zero-order valence-electron chi connectivity index (χ0n) is 13.7. The largest absolute Gasteiger partial charge is 0.478 e. The van der Waals surface area contributed by atoms with Crippen LogP contribution in [0, 0.1) is 13.8 Å². The molecular formula is C17H17NO5S. The number of aromatic carboxylic acids is 1. The Balaban J connectivity index is 3.03. The van der Waals surface area contributed by atoms with Crippen molar-refractivity contribution in [3.63, 3.8) is 0 Å². The van der Waals surface area contributed by atoms with Crippen LogP contribution in [0.2, 0.25) is 0 Å². The van der Waals surface area contributed by atoms with Crippen molar-refractivity contribution in [3.05, 3.63) is 46.8 Å². The van der Waals surface area contributed by atoms with E-state index >= 15 is 0 Å². The van der Waals surface area contributed by atoms with Gasteiger partial charge in [0.1, 0.15) is 0 Å². The first kappa shape index (κ1) is 17.8. The molecule has 1 aromatic heterocycles. The molecule has 0 bridgehead atoms. The number of carbonyl (C=O) groups excluding carboxylic acids is 1. The summed E-state index contributed by atoms with van der Waals surface area (Å²) >= 11 is 0. The van der Waals surface area contributed by atoms with E-state index in [1.807, 2.05) is 0 Å². The Bertz CT molecular complexity index is 860. The highest BCUT2D eigenvalue weighted by atomic mass is 32.2. The molecule has 1 aromatic carbocycles. The van der Waals surface area contributed by atoms with Crippen molar-refractivity contribution >= 4 is 22.7 Å². The number of rotatable bonds is 4. The van der Waals surface area contributed by atoms with Crippen molar-refractivity contribution in [1.82, 2.24) is 4.98 Å². The second-order valence-corrected chi connectivity index (χ2v) is 6.50. The molecule has 2 rings (SSSR count). The lowest BCUT2D eigenvalue weighted by atomic mass is 9.92. The summed E-state index contributed by atoms with van der Waals surface area (Å²) < 4.78 is 16.9. The molecular weight excluding hydrogens is 330 g/mol. The fourth-order valence-electron chi connectivity index (χ4n) is 2.66. The van der Waals surface area contributed by atoms with Gasteiger partial charge in [0.05, 0.1) is 40.4 Å². The third-order valence-corrected chi connectivity index (χ3v) is 4.60. The van der Waals surface area contributed by atoms with Gasteiger partial charge in [-0.15, -0.1) is 0 Å². The standard InChI is InChI=1S/C17H17NO5S/c1-9-13(16(19)20)15(14(10(2)18-9)17(21)23-3)11-7-5-6-8-12(11)24(4)22/h5-8H,1-4H3,(H,19,20). The predicted octanol–water partition coefficient (Wildman–Crippen LogP) is 2.59. The molecule has 0 spiro atoms. The highest BCUT2D eigenvalue weighted by molar-refractivity contribution is 7.84. The van der Waals surface area contributed by atoms with Gasteiger partial charge >= 0.3 is 11.9 Å². The van der Waals surface area contributed by atoms with Crippen LogP contribution in [0.4, 0.5) is 0 Å². The van der Waals surface area contributed by atoms with E-state index < -0.39 is 22.7 Å². The van der Waals surface area contributed by atoms with Crippen molar-refractivity contribution in [3.8, 4) is 11.1 Å². The van der Waals surface area contributed by atoms with Crippen molar-refractivity contribution in [1.29, 1.82) is 0 Å². The Morgan fingerprint density at radius 2 is 1.71 bits per heavy atom. The van der Waals surface area contributed by atoms with Crippen LogP contribution in [-0.2, 0) is 15.5 Å². The molecule has 1 atom stereocenters. The van der Waals surface area contributed by atoms with E-state index in [4.69, 9.17) is 4.74 Å². The fraction of sp³-hybridized carbons (Fsp3) is 0.235. The topological polar surface area (TPSA) is 93.6 Å². The highest BCUT2D eigenvalue weighted by Crippen LogP contribution is 2.35. The van der Waals surface area contributed by atoms with Gasteiger partial charge in [-0.2, -0.15) is 0 Å². The molecule has 1 heterocycles. The smallest absolute Gasteiger partial charge is 0.340 e. The molecule has 0 saturated heterocycles. The van der Waals surface area contributed by atoms with E-state index in [1.54, 1.807) is 38.1 Å². The minimum Gasteiger partial charge on any atom is -0.478 e. The lowest BCUT2D eigenvalue weighted by molar-refractivity contribution is 0.0600. The van der Waals surface area contributed by atoms with Gasteiger partial charge in [-0.3, -0.25) is 9.19 Å². The number of carboxylic acids is 1. The number of hydrogen-bond acceptors (Lipinski definition) is 5. The monoisotopic (exact) mass is 347 g/mol. The van der Waals surface area contributed by atoms with Crippen LogP contribution < -0.4 is 0 Å². The minimum atomic E-state index is -1.36. The second kappa shape index (κ2) is 6.92. The number of pyridine rings is 1. The van der Waals surface area contributed by atoms with Gasteiger partial charge in [0, 0.05) is 16.7 Å². The molecule has 0 radical (unpaired) electrons. The second-order valence-electron chi connectivity index (χ2n) is 5.15. The number of hydrogen-bond donors (Lipinski definition) is 1. The fourth-order valence-corrected chi connectivity index (χ4v) is 3.41. The van der Waals surface area contributed by atoms with Gasteiger partial charge in [-0.1, -0.05) is 18.2 Å². The van der Waals surface area contributed by atoms with E-state index in [1.165, 1.54) is 13.4 Å². The number of carbonyl (C=O) groups is 2. The summed E-state index contributed by atoms with van der Waals surface area (Å²) in [5.41, 5.74) is 1.21. The molecule has 24 heavy (non-hydrogen) atoms. The molecule has 1 N–H and O–H groups in total. The van der Waals surface area contributed by atoms with E-state index in [-0.39, 0.29) is 22.4 Å². The third kappa shape index (κ3) is 3.07. The van der Waals surface area contributed by atoms with E-state index in [2.05, 4.69) is 4.98 Å². The molecule has 0 saturated carbocycles. The summed E-state index contributed by atoms with van der Waals surface area (Å²) in [6, 6.07) is 6.69. The molecule has 0 aliphatic rings. The van der Waals surface area contributed by atoms with Crippen LogP contribution in [0.25, 0.3) is 11.1 Å². The van der Waals surface area contributed by atoms with Crippen LogP contribution in [0.3, 0.4) is 0 Å². The van der Waals surface area contributed by atoms with Crippen molar-refractivity contribution < 1.29 is 23.6 Å². The zero-order chi connectivity index (χ0) is 18.0. The molecule has 1 unspecified atom stereocenters. The van der Waals surface area contributed by atoms with Gasteiger partial charge in [0.15, 0.2) is 0 Å². The predicted molar refractivity (Wildman–Crippen MR) is 89.8 cm³/mol. The number of methoxy groups -OCH3 is 1. The number of nitrogens with zero attached hydrogens (tertiary/aromatic N) is 1. The Hall–Kier alpha value is -2.54. The number of benzene rings is 1. The van der Waals surface area contributed by atoms with Crippen molar-refractivity contribution in [2.24, 2.45) is 0 Å². The van der Waals surface area contributed by atoms with E-state index in [0.29, 0.717) is 16.2 Å². The molecule has 0 fully saturated rings. The van der Waals surface area contributed by atoms with Gasteiger partial charge < -0.3 is 9.84 Å². The maximum absolute atomic E-state index is 12.3. The molecule has 0 amide bonds. The molecule has 126 valence electrons. The van der Waals surface area contributed by atoms with Crippen LogP contribution in [-0.4, -0.2) is 39.6 Å². The Kier molecular flexibility index (Phi) is 5.14. The Morgan fingerprint density at radius 1 is 1.12 bits per heavy atom. The zero-order valence-corrected chi connectivity index (χ0v) is 14.6. The van der Waals surface area contributed by atoms with Crippen LogP contribution in [0.5, 0.6) is 0 Å². The first-order chi connectivity index (χ1) is 11.3. The van der Waals surface area contributed by atoms with Crippen molar-refractivity contribution in [2.75, 3.05) is 13.4 Å². The Labute approximate surface area is 142 Å². The summed E-state index contributed by atoms with van der Waals surface area (Å²) in [6.07, 6.45) is 1.50. The highest BCUT2D eigenvalue weighted by Gasteiger charge is 2.28. The SMILES string of the molecule is COC(=O)c1c(C)nc(C)c(C(=O)O)c1-c1ccccc1S(C)=O. The minimum absolute atomic E-state index is 0.0680. The lowest BCUT2D eigenvalue weighted by Gasteiger charge is -2.17. The average molecular weight is 347 g/mol. The van der Waals surface area contributed by atoms with Gasteiger partial charge in [-0.05, 0) is 25.5 Å². The first-order valence-electron chi connectivity index (χ1n) is 7.05. The van der Waals surface area contributed by atoms with E-state index in [0.717, 1.165) is 0 Å². The van der Waals surface area contributed by atoms with Crippen LogP contribution >= 0.6 is 0 Å². The maximum Gasteiger partial charge on any atom is 0.340 e. The average Bonchev–Trinajstić information content (AvgIpc) is 2.52. The normalized spacial score (nSPS) is 11.8. The molecule has 2 aromatic rings. The third-order valence-electron chi connectivity index (χ3n) is 3.63. The maximum atomic E-state index is 12.3. The van der Waals surface area contributed by atoms with Gasteiger partial charge in [0.2, 0.25) is 0 Å². The molecule has 6 nitrogen and oxygen atoms in total. The molecule has 0 aliphatic heterocycles. The molecule has 0 aliphatic carbocycles. The summed E-state index contributed by atoms with van der Waals surface area (Å²) in [7, 11) is -0.147. The quantitative estimate of drug-likeness (QED) is 0.855. The summed E-state index contributed by atoms with van der Waals surface area (Å²) in [6.45, 7) is 3.17. The van der Waals surface area contributed by atoms with Crippen LogP contribution in [0.1, 0.15) is 32.1 Å². The van der Waals surface area contributed by atoms with E-state index in [9.17, 15) is 18.9 Å². The summed E-state index contributed by atoms with van der Waals surface area (Å²) in [4.78, 5) is 28.7. The van der Waals surface area contributed by atoms with Crippen LogP contribution in [0.15, 0.2) is 29.2 Å². The summed E-state index contributed by atoms with van der Waals surface area (Å²) in [5.74, 6) is -1.90. The number of aryl methyl sites for hydroxylation is 2. The van der Waals surface area contributed by atoms with Gasteiger partial charge in [0.25, 0.3) is 0 Å². The lowest BCUT2D eigenvalue weighted by Crippen LogP contribution is -2.15. The summed E-state index contributed by atoms with van der Waals surface area (Å²) in [5, 5.41) is 9.64. The Morgan fingerprint density at radius 3 is 2.25 bits per heavy atom. The number of esters is 1. The molecule has 7 heteroatoms. The number of carboxylic acid groups (broad SMARTS) is 1. The van der Waals surface area contributed by atoms with Crippen molar-refractivity contribution in [2.45, 2.75) is 18.7 Å². The first-order valence-corrected chi connectivity index (χ1v) is 8.61. The number of aromatic nitrogens is 1. The number of ether oxygens (including phenoxy) is 1.